The molecule has 0 spiro atoms. The van der Waals surface area contributed by atoms with E-state index in [0.717, 1.165) is 19.0 Å². The Morgan fingerprint density at radius 3 is 2.38 bits per heavy atom. The van der Waals surface area contributed by atoms with Gasteiger partial charge in [0.25, 0.3) is 0 Å². The van der Waals surface area contributed by atoms with Crippen molar-refractivity contribution in [3.8, 4) is 0 Å². The lowest BCUT2D eigenvalue weighted by molar-refractivity contribution is 0.315. The highest BCUT2D eigenvalue weighted by molar-refractivity contribution is 14.0. The van der Waals surface area contributed by atoms with Gasteiger partial charge in [0.2, 0.25) is 0 Å². The van der Waals surface area contributed by atoms with Gasteiger partial charge in [0, 0.05) is 13.1 Å². The number of guanidine groups is 1. The van der Waals surface area contributed by atoms with E-state index in [4.69, 9.17) is 5.73 Å². The molecule has 1 aliphatic rings. The van der Waals surface area contributed by atoms with Crippen molar-refractivity contribution in [1.29, 1.82) is 0 Å². The number of nitrogens with zero attached hydrogens (tertiary/aromatic N) is 2. The second-order valence-corrected chi connectivity index (χ2v) is 5.93. The number of halogens is 1. The predicted octanol–water partition coefficient (Wildman–Crippen LogP) is 2.57. The van der Waals surface area contributed by atoms with Gasteiger partial charge in [-0.15, -0.1) is 24.0 Å². The molecule has 1 aromatic carbocycles. The van der Waals surface area contributed by atoms with Crippen molar-refractivity contribution in [3.05, 3.63) is 35.4 Å². The van der Waals surface area contributed by atoms with E-state index in [1.165, 1.54) is 30.4 Å². The molecular weight excluding hydrogens is 375 g/mol. The average molecular weight is 402 g/mol. The van der Waals surface area contributed by atoms with Gasteiger partial charge in [-0.2, -0.15) is 0 Å². The fraction of sp³-hybridized carbons (Fsp3) is 0.562. The van der Waals surface area contributed by atoms with Gasteiger partial charge in [0.15, 0.2) is 5.96 Å². The van der Waals surface area contributed by atoms with Gasteiger partial charge in [-0.25, -0.2) is 4.99 Å². The smallest absolute Gasteiger partial charge is 0.188 e. The lowest BCUT2D eigenvalue weighted by Crippen LogP contribution is -2.37. The third-order valence-electron chi connectivity index (χ3n) is 3.75. The Morgan fingerprint density at radius 2 is 1.86 bits per heavy atom. The van der Waals surface area contributed by atoms with Gasteiger partial charge in [0.05, 0.1) is 6.54 Å². The minimum absolute atomic E-state index is 0. The Bertz CT molecular complexity index is 438. The van der Waals surface area contributed by atoms with Gasteiger partial charge in [0.1, 0.15) is 0 Å². The molecule has 0 radical (unpaired) electrons. The van der Waals surface area contributed by atoms with Crippen molar-refractivity contribution in [2.75, 3.05) is 20.6 Å². The van der Waals surface area contributed by atoms with Crippen molar-refractivity contribution in [2.24, 2.45) is 16.6 Å². The summed E-state index contributed by atoms with van der Waals surface area (Å²) in [6.07, 6.45) is 4.02. The van der Waals surface area contributed by atoms with Gasteiger partial charge in [-0.05, 0) is 44.0 Å². The van der Waals surface area contributed by atoms with E-state index in [9.17, 15) is 0 Å². The fourth-order valence-electron chi connectivity index (χ4n) is 2.29. The van der Waals surface area contributed by atoms with E-state index in [1.807, 2.05) is 0 Å². The average Bonchev–Trinajstić information content (AvgIpc) is 2.35. The number of nitrogens with one attached hydrogen (secondary N) is 1. The number of rotatable bonds is 6. The van der Waals surface area contributed by atoms with Gasteiger partial charge >= 0.3 is 0 Å². The van der Waals surface area contributed by atoms with E-state index < -0.39 is 0 Å². The highest BCUT2D eigenvalue weighted by atomic mass is 127. The minimum atomic E-state index is 0. The second-order valence-electron chi connectivity index (χ2n) is 5.93. The molecule has 2 rings (SSSR count). The molecule has 1 saturated carbocycles. The maximum Gasteiger partial charge on any atom is 0.188 e. The van der Waals surface area contributed by atoms with Crippen LogP contribution in [0.3, 0.4) is 0 Å². The quantitative estimate of drug-likeness (QED) is 0.437. The van der Waals surface area contributed by atoms with Crippen LogP contribution in [-0.4, -0.2) is 31.5 Å². The van der Waals surface area contributed by atoms with Crippen molar-refractivity contribution < 1.29 is 0 Å². The summed E-state index contributed by atoms with van der Waals surface area (Å²) in [5.74, 6) is 1.36. The molecule has 0 bridgehead atoms. The van der Waals surface area contributed by atoms with Crippen molar-refractivity contribution >= 4 is 29.9 Å². The number of nitrogens with two attached hydrogens (primary N) is 1. The van der Waals surface area contributed by atoms with Crippen LogP contribution in [-0.2, 0) is 13.1 Å². The normalized spacial score (nSPS) is 15.5. The number of hydrogen-bond donors (Lipinski definition) is 2. The van der Waals surface area contributed by atoms with Gasteiger partial charge in [-0.3, -0.25) is 0 Å². The van der Waals surface area contributed by atoms with Crippen LogP contribution in [0.2, 0.25) is 0 Å². The van der Waals surface area contributed by atoms with Crippen molar-refractivity contribution in [1.82, 2.24) is 10.2 Å². The van der Waals surface area contributed by atoms with Crippen LogP contribution in [0.4, 0.5) is 0 Å². The first-order valence-electron chi connectivity index (χ1n) is 7.40. The molecule has 1 fully saturated rings. The topological polar surface area (TPSA) is 53.6 Å². The third-order valence-corrected chi connectivity index (χ3v) is 3.75. The van der Waals surface area contributed by atoms with Crippen molar-refractivity contribution in [2.45, 2.75) is 32.4 Å². The summed E-state index contributed by atoms with van der Waals surface area (Å²) >= 11 is 0. The van der Waals surface area contributed by atoms with Crippen molar-refractivity contribution in [3.63, 3.8) is 0 Å². The summed E-state index contributed by atoms with van der Waals surface area (Å²) in [6, 6.07) is 8.56. The summed E-state index contributed by atoms with van der Waals surface area (Å²) in [5.41, 5.74) is 8.39. The number of aliphatic imine (C=N–C) groups is 1. The number of hydrogen-bond acceptors (Lipinski definition) is 2. The van der Waals surface area contributed by atoms with Crippen LogP contribution in [0.5, 0.6) is 0 Å². The summed E-state index contributed by atoms with van der Waals surface area (Å²) in [7, 11) is 4.15. The number of benzene rings is 1. The first-order valence-corrected chi connectivity index (χ1v) is 7.40. The molecular formula is C16H27IN4. The maximum atomic E-state index is 5.88. The Labute approximate surface area is 145 Å². The zero-order valence-corrected chi connectivity index (χ0v) is 15.3. The Balaban J connectivity index is 0.00000220. The summed E-state index contributed by atoms with van der Waals surface area (Å²) in [5, 5.41) is 3.21. The molecule has 1 aliphatic carbocycles. The lowest BCUT2D eigenvalue weighted by Gasteiger charge is -2.25. The lowest BCUT2D eigenvalue weighted by atomic mass is 9.85. The molecule has 0 heterocycles. The highest BCUT2D eigenvalue weighted by Crippen LogP contribution is 2.24. The van der Waals surface area contributed by atoms with E-state index in [-0.39, 0.29) is 24.0 Å². The molecule has 0 atom stereocenters. The molecule has 0 amide bonds. The monoisotopic (exact) mass is 402 g/mol. The minimum Gasteiger partial charge on any atom is -0.370 e. The van der Waals surface area contributed by atoms with Crippen LogP contribution >= 0.6 is 24.0 Å². The van der Waals surface area contributed by atoms with E-state index in [0.29, 0.717) is 12.5 Å². The maximum absolute atomic E-state index is 5.88. The SMILES string of the molecule is CN(C)Cc1ccc(CN=C(N)NCC2CCC2)cc1.I. The molecule has 4 nitrogen and oxygen atoms in total. The molecule has 3 N–H and O–H groups in total. The standard InChI is InChI=1S/C16H26N4.HI/c1-20(2)12-15-8-6-14(7-9-15)11-19-16(17)18-10-13-4-3-5-13;/h6-9,13H,3-5,10-12H2,1-2H3,(H3,17,18,19);1H. The van der Waals surface area contributed by atoms with Crippen LogP contribution in [0.25, 0.3) is 0 Å². The zero-order valence-electron chi connectivity index (χ0n) is 13.0. The molecule has 1 aromatic rings. The van der Waals surface area contributed by atoms with Gasteiger partial charge < -0.3 is 16.0 Å². The molecule has 0 unspecified atom stereocenters. The molecule has 0 aromatic heterocycles. The predicted molar refractivity (Wildman–Crippen MR) is 99.9 cm³/mol. The van der Waals surface area contributed by atoms with E-state index >= 15 is 0 Å². The summed E-state index contributed by atoms with van der Waals surface area (Å²) in [6.45, 7) is 2.58. The largest absolute Gasteiger partial charge is 0.370 e. The molecule has 0 saturated heterocycles. The van der Waals surface area contributed by atoms with Crippen LogP contribution in [0, 0.1) is 5.92 Å². The summed E-state index contributed by atoms with van der Waals surface area (Å²) in [4.78, 5) is 6.55. The first-order chi connectivity index (χ1) is 9.63. The third kappa shape index (κ3) is 6.65. The van der Waals surface area contributed by atoms with Gasteiger partial charge in [-0.1, -0.05) is 30.7 Å². The van der Waals surface area contributed by atoms with Crippen LogP contribution in [0.1, 0.15) is 30.4 Å². The fourth-order valence-corrected chi connectivity index (χ4v) is 2.29. The van der Waals surface area contributed by atoms with E-state index in [1.54, 1.807) is 0 Å². The first kappa shape index (κ1) is 18.2. The van der Waals surface area contributed by atoms with Crippen LogP contribution < -0.4 is 11.1 Å². The Morgan fingerprint density at radius 1 is 1.24 bits per heavy atom. The summed E-state index contributed by atoms with van der Waals surface area (Å²) < 4.78 is 0. The molecule has 118 valence electrons. The van der Waals surface area contributed by atoms with E-state index in [2.05, 4.69) is 53.6 Å². The molecule has 5 heteroatoms. The second kappa shape index (κ2) is 9.25. The highest BCUT2D eigenvalue weighted by Gasteiger charge is 2.16. The Hall–Kier alpha value is -0.820. The molecule has 21 heavy (non-hydrogen) atoms. The zero-order chi connectivity index (χ0) is 14.4. The Kier molecular flexibility index (Phi) is 8.03. The van der Waals surface area contributed by atoms with Crippen LogP contribution in [0.15, 0.2) is 29.3 Å². The molecule has 0 aliphatic heterocycles.